The minimum Gasteiger partial charge on any atom is -0.349 e. The van der Waals surface area contributed by atoms with Crippen molar-refractivity contribution in [3.05, 3.63) is 35.9 Å². The highest BCUT2D eigenvalue weighted by Gasteiger charge is 2.27. The minimum absolute atomic E-state index is 0.0570. The summed E-state index contributed by atoms with van der Waals surface area (Å²) >= 11 is 6.09. The molecular formula is C18H23ClN6O2. The SMILES string of the molecule is CN(C)C(=O)C1CCCN(CC(=O)Nc2cc(Cl)ccc2-n2cncn2)C1. The van der Waals surface area contributed by atoms with Crippen LogP contribution in [0.1, 0.15) is 12.8 Å². The number of nitrogens with one attached hydrogen (secondary N) is 1. The normalized spacial score (nSPS) is 17.5. The summed E-state index contributed by atoms with van der Waals surface area (Å²) in [5.41, 5.74) is 1.25. The number of hydrogen-bond acceptors (Lipinski definition) is 5. The van der Waals surface area contributed by atoms with Crippen molar-refractivity contribution in [3.63, 3.8) is 0 Å². The van der Waals surface area contributed by atoms with Crippen molar-refractivity contribution in [2.24, 2.45) is 5.92 Å². The number of piperidine rings is 1. The van der Waals surface area contributed by atoms with Gasteiger partial charge in [-0.3, -0.25) is 14.5 Å². The molecule has 1 aliphatic heterocycles. The second kappa shape index (κ2) is 8.49. The average Bonchev–Trinajstić information content (AvgIpc) is 3.15. The maximum absolute atomic E-state index is 12.6. The molecule has 1 fully saturated rings. The molecule has 1 aliphatic rings. The van der Waals surface area contributed by atoms with Crippen molar-refractivity contribution >= 4 is 29.1 Å². The van der Waals surface area contributed by atoms with Crippen molar-refractivity contribution in [2.75, 3.05) is 39.0 Å². The average molecular weight is 391 g/mol. The lowest BCUT2D eigenvalue weighted by Gasteiger charge is -2.32. The molecule has 0 saturated carbocycles. The van der Waals surface area contributed by atoms with E-state index in [4.69, 9.17) is 11.6 Å². The maximum atomic E-state index is 12.6. The number of carbonyl (C=O) groups excluding carboxylic acids is 2. The van der Waals surface area contributed by atoms with E-state index in [1.54, 1.807) is 48.2 Å². The largest absolute Gasteiger partial charge is 0.349 e. The highest BCUT2D eigenvalue weighted by Crippen LogP contribution is 2.24. The Labute approximate surface area is 163 Å². The Balaban J connectivity index is 1.66. The zero-order valence-electron chi connectivity index (χ0n) is 15.4. The summed E-state index contributed by atoms with van der Waals surface area (Å²) in [6, 6.07) is 5.20. The smallest absolute Gasteiger partial charge is 0.238 e. The lowest BCUT2D eigenvalue weighted by Crippen LogP contribution is -2.45. The molecule has 1 aromatic carbocycles. The van der Waals surface area contributed by atoms with Gasteiger partial charge in [-0.1, -0.05) is 11.6 Å². The molecule has 2 heterocycles. The number of rotatable bonds is 5. The van der Waals surface area contributed by atoms with Crippen molar-refractivity contribution in [1.82, 2.24) is 24.6 Å². The van der Waals surface area contributed by atoms with Gasteiger partial charge in [0.15, 0.2) is 0 Å². The van der Waals surface area contributed by atoms with Crippen LogP contribution in [0.25, 0.3) is 5.69 Å². The fourth-order valence-electron chi connectivity index (χ4n) is 3.30. The second-order valence-corrected chi connectivity index (χ2v) is 7.29. The third-order valence-electron chi connectivity index (χ3n) is 4.56. The Morgan fingerprint density at radius 3 is 2.89 bits per heavy atom. The molecule has 2 amide bonds. The molecule has 9 heteroatoms. The predicted molar refractivity (Wildman–Crippen MR) is 103 cm³/mol. The topological polar surface area (TPSA) is 83.4 Å². The number of likely N-dealkylation sites (tertiary alicyclic amines) is 1. The molecule has 1 atom stereocenters. The van der Waals surface area contributed by atoms with E-state index < -0.39 is 0 Å². The van der Waals surface area contributed by atoms with Crippen molar-refractivity contribution in [2.45, 2.75) is 12.8 Å². The number of nitrogens with zero attached hydrogens (tertiary/aromatic N) is 5. The molecule has 27 heavy (non-hydrogen) atoms. The van der Waals surface area contributed by atoms with Crippen LogP contribution < -0.4 is 5.32 Å². The third kappa shape index (κ3) is 4.84. The molecule has 0 spiro atoms. The Morgan fingerprint density at radius 2 is 2.19 bits per heavy atom. The van der Waals surface area contributed by atoms with E-state index in [1.807, 2.05) is 4.90 Å². The highest BCUT2D eigenvalue weighted by atomic mass is 35.5. The zero-order chi connectivity index (χ0) is 19.4. The van der Waals surface area contributed by atoms with Gasteiger partial charge in [0.05, 0.1) is 23.8 Å². The van der Waals surface area contributed by atoms with Crippen LogP contribution in [-0.4, -0.2) is 70.1 Å². The third-order valence-corrected chi connectivity index (χ3v) is 4.80. The summed E-state index contributed by atoms with van der Waals surface area (Å²) in [6.45, 7) is 1.62. The van der Waals surface area contributed by atoms with Gasteiger partial charge in [0.25, 0.3) is 0 Å². The van der Waals surface area contributed by atoms with Crippen LogP contribution in [-0.2, 0) is 9.59 Å². The molecule has 8 nitrogen and oxygen atoms in total. The standard InChI is InChI=1S/C18H23ClN6O2/c1-23(2)18(27)13-4-3-7-24(9-13)10-17(26)22-15-8-14(19)5-6-16(15)25-12-20-11-21-25/h5-6,8,11-13H,3-4,7,9-10H2,1-2H3,(H,22,26). The monoisotopic (exact) mass is 390 g/mol. The van der Waals surface area contributed by atoms with Gasteiger partial charge in [-0.15, -0.1) is 0 Å². The minimum atomic E-state index is -0.156. The fraction of sp³-hybridized carbons (Fsp3) is 0.444. The van der Waals surface area contributed by atoms with E-state index >= 15 is 0 Å². The van der Waals surface area contributed by atoms with Gasteiger partial charge in [0.2, 0.25) is 11.8 Å². The molecule has 1 N–H and O–H groups in total. The first-order chi connectivity index (χ1) is 12.9. The van der Waals surface area contributed by atoms with Crippen molar-refractivity contribution < 1.29 is 9.59 Å². The number of benzene rings is 1. The van der Waals surface area contributed by atoms with E-state index in [-0.39, 0.29) is 24.3 Å². The van der Waals surface area contributed by atoms with Crippen LogP contribution in [0.15, 0.2) is 30.9 Å². The van der Waals surface area contributed by atoms with Crippen LogP contribution in [0.5, 0.6) is 0 Å². The summed E-state index contributed by atoms with van der Waals surface area (Å²) in [6.07, 6.45) is 4.75. The predicted octanol–water partition coefficient (Wildman–Crippen LogP) is 1.66. The van der Waals surface area contributed by atoms with Crippen LogP contribution in [0, 0.1) is 5.92 Å². The van der Waals surface area contributed by atoms with Crippen LogP contribution in [0.4, 0.5) is 5.69 Å². The summed E-state index contributed by atoms with van der Waals surface area (Å²) in [5.74, 6) is -0.0987. The molecule has 0 bridgehead atoms. The molecule has 0 radical (unpaired) electrons. The van der Waals surface area contributed by atoms with Crippen LogP contribution in [0.3, 0.4) is 0 Å². The zero-order valence-corrected chi connectivity index (χ0v) is 16.2. The summed E-state index contributed by atoms with van der Waals surface area (Å²) in [7, 11) is 3.53. The van der Waals surface area contributed by atoms with E-state index in [2.05, 4.69) is 15.4 Å². The van der Waals surface area contributed by atoms with E-state index in [9.17, 15) is 9.59 Å². The van der Waals surface area contributed by atoms with Crippen LogP contribution >= 0.6 is 11.6 Å². The summed E-state index contributed by atoms with van der Waals surface area (Å²) in [4.78, 5) is 32.4. The highest BCUT2D eigenvalue weighted by molar-refractivity contribution is 6.31. The Kier molecular flexibility index (Phi) is 6.08. The maximum Gasteiger partial charge on any atom is 0.238 e. The summed E-state index contributed by atoms with van der Waals surface area (Å²) < 4.78 is 1.57. The first-order valence-corrected chi connectivity index (χ1v) is 9.20. The Morgan fingerprint density at radius 1 is 1.37 bits per heavy atom. The van der Waals surface area contributed by atoms with Crippen molar-refractivity contribution in [1.29, 1.82) is 0 Å². The quantitative estimate of drug-likeness (QED) is 0.839. The van der Waals surface area contributed by atoms with Gasteiger partial charge in [0.1, 0.15) is 12.7 Å². The number of carbonyl (C=O) groups is 2. The molecule has 1 aromatic heterocycles. The van der Waals surface area contributed by atoms with E-state index in [1.165, 1.54) is 6.33 Å². The molecule has 0 aliphatic carbocycles. The lowest BCUT2D eigenvalue weighted by molar-refractivity contribution is -0.135. The number of aromatic nitrogens is 3. The number of halogens is 1. The Bertz CT molecular complexity index is 808. The fourth-order valence-corrected chi connectivity index (χ4v) is 3.47. The number of hydrogen-bond donors (Lipinski definition) is 1. The van der Waals surface area contributed by atoms with Gasteiger partial charge in [0, 0.05) is 25.7 Å². The number of amides is 2. The number of anilines is 1. The molecule has 2 aromatic rings. The van der Waals surface area contributed by atoms with Gasteiger partial charge in [-0.25, -0.2) is 9.67 Å². The first kappa shape index (κ1) is 19.3. The molecular weight excluding hydrogens is 368 g/mol. The summed E-state index contributed by atoms with van der Waals surface area (Å²) in [5, 5.41) is 7.53. The second-order valence-electron chi connectivity index (χ2n) is 6.86. The van der Waals surface area contributed by atoms with Gasteiger partial charge in [-0.05, 0) is 37.6 Å². The van der Waals surface area contributed by atoms with Gasteiger partial charge >= 0.3 is 0 Å². The molecule has 1 unspecified atom stereocenters. The Hall–Kier alpha value is -2.45. The molecule has 144 valence electrons. The van der Waals surface area contributed by atoms with E-state index in [0.717, 1.165) is 19.4 Å². The van der Waals surface area contributed by atoms with Crippen LogP contribution in [0.2, 0.25) is 5.02 Å². The van der Waals surface area contributed by atoms with Gasteiger partial charge in [-0.2, -0.15) is 5.10 Å². The van der Waals surface area contributed by atoms with Crippen molar-refractivity contribution in [3.8, 4) is 5.69 Å². The van der Waals surface area contributed by atoms with E-state index in [0.29, 0.717) is 22.9 Å². The molecule has 3 rings (SSSR count). The van der Waals surface area contributed by atoms with Gasteiger partial charge < -0.3 is 10.2 Å². The molecule has 1 saturated heterocycles. The lowest BCUT2D eigenvalue weighted by atomic mass is 9.97. The first-order valence-electron chi connectivity index (χ1n) is 8.82.